The van der Waals surface area contributed by atoms with Crippen molar-refractivity contribution in [1.82, 2.24) is 9.88 Å². The standard InChI is InChI=1S/C14H17F3N2O2S/c1-10-3-4-12(21-10)13-18-7-11(22-13)8-19(5-2-6-20)9-14(15,16)17/h3-4,7,20H,2,5-6,8-9H2,1H3. The van der Waals surface area contributed by atoms with E-state index in [2.05, 4.69) is 4.98 Å². The molecule has 122 valence electrons. The van der Waals surface area contributed by atoms with Gasteiger partial charge in [-0.1, -0.05) is 0 Å². The van der Waals surface area contributed by atoms with Crippen LogP contribution in [0.2, 0.25) is 0 Å². The van der Waals surface area contributed by atoms with Crippen LogP contribution in [0.5, 0.6) is 0 Å². The molecule has 0 amide bonds. The van der Waals surface area contributed by atoms with Crippen LogP contribution in [0.4, 0.5) is 13.2 Å². The van der Waals surface area contributed by atoms with Gasteiger partial charge in [-0.25, -0.2) is 4.98 Å². The summed E-state index contributed by atoms with van der Waals surface area (Å²) in [6.45, 7) is 1.02. The molecule has 2 rings (SSSR count). The Balaban J connectivity index is 2.04. The number of hydrogen-bond acceptors (Lipinski definition) is 5. The Morgan fingerprint density at radius 2 is 2.14 bits per heavy atom. The summed E-state index contributed by atoms with van der Waals surface area (Å²) in [5.74, 6) is 1.37. The quantitative estimate of drug-likeness (QED) is 0.842. The Bertz CT molecular complexity index is 595. The van der Waals surface area contributed by atoms with Gasteiger partial charge in [-0.2, -0.15) is 13.2 Å². The van der Waals surface area contributed by atoms with Gasteiger partial charge >= 0.3 is 6.18 Å². The summed E-state index contributed by atoms with van der Waals surface area (Å²) in [5, 5.41) is 9.45. The molecule has 0 aromatic carbocycles. The van der Waals surface area contributed by atoms with Gasteiger partial charge < -0.3 is 9.52 Å². The van der Waals surface area contributed by atoms with E-state index in [9.17, 15) is 13.2 Å². The van der Waals surface area contributed by atoms with Gasteiger partial charge in [0, 0.05) is 30.8 Å². The van der Waals surface area contributed by atoms with Gasteiger partial charge in [0.05, 0.1) is 6.54 Å². The molecule has 22 heavy (non-hydrogen) atoms. The Morgan fingerprint density at radius 1 is 1.36 bits per heavy atom. The zero-order chi connectivity index (χ0) is 16.2. The van der Waals surface area contributed by atoms with Crippen molar-refractivity contribution in [2.75, 3.05) is 19.7 Å². The first-order chi connectivity index (χ1) is 10.4. The molecule has 0 saturated carbocycles. The molecule has 1 N–H and O–H groups in total. The van der Waals surface area contributed by atoms with Crippen molar-refractivity contribution in [3.63, 3.8) is 0 Å². The van der Waals surface area contributed by atoms with Crippen LogP contribution >= 0.6 is 11.3 Å². The van der Waals surface area contributed by atoms with E-state index in [1.807, 2.05) is 13.0 Å². The van der Waals surface area contributed by atoms with Crippen molar-refractivity contribution in [2.24, 2.45) is 0 Å². The largest absolute Gasteiger partial charge is 0.459 e. The van der Waals surface area contributed by atoms with E-state index in [0.29, 0.717) is 17.2 Å². The normalized spacial score (nSPS) is 12.3. The van der Waals surface area contributed by atoms with Crippen molar-refractivity contribution in [3.8, 4) is 10.8 Å². The number of halogens is 3. The highest BCUT2D eigenvalue weighted by Gasteiger charge is 2.30. The molecular weight excluding hydrogens is 317 g/mol. The lowest BCUT2D eigenvalue weighted by Crippen LogP contribution is -2.34. The Kier molecular flexibility index (Phi) is 5.60. The van der Waals surface area contributed by atoms with Crippen molar-refractivity contribution in [3.05, 3.63) is 29.0 Å². The van der Waals surface area contributed by atoms with Crippen molar-refractivity contribution >= 4 is 11.3 Å². The molecule has 8 heteroatoms. The summed E-state index contributed by atoms with van der Waals surface area (Å²) in [7, 11) is 0. The first kappa shape index (κ1) is 17.0. The van der Waals surface area contributed by atoms with Crippen LogP contribution in [0, 0.1) is 6.92 Å². The second kappa shape index (κ2) is 7.26. The van der Waals surface area contributed by atoms with Gasteiger partial charge in [-0.3, -0.25) is 4.90 Å². The summed E-state index contributed by atoms with van der Waals surface area (Å²) < 4.78 is 43.2. The van der Waals surface area contributed by atoms with Crippen molar-refractivity contribution < 1.29 is 22.7 Å². The Labute approximate surface area is 130 Å². The molecule has 0 aliphatic rings. The summed E-state index contributed by atoms with van der Waals surface area (Å²) >= 11 is 1.31. The predicted molar refractivity (Wildman–Crippen MR) is 77.6 cm³/mol. The molecule has 2 aromatic heterocycles. The molecule has 0 unspecified atom stereocenters. The number of aliphatic hydroxyl groups excluding tert-OH is 1. The average Bonchev–Trinajstić information content (AvgIpc) is 3.03. The second-order valence-electron chi connectivity index (χ2n) is 4.95. The van der Waals surface area contributed by atoms with Gasteiger partial charge in [0.2, 0.25) is 0 Å². The van der Waals surface area contributed by atoms with Gasteiger partial charge in [0.15, 0.2) is 10.8 Å². The highest BCUT2D eigenvalue weighted by Crippen LogP contribution is 2.28. The number of alkyl halides is 3. The number of aryl methyl sites for hydroxylation is 1. The minimum absolute atomic E-state index is 0.131. The van der Waals surface area contributed by atoms with Crippen LogP contribution in [0.15, 0.2) is 22.7 Å². The van der Waals surface area contributed by atoms with Crippen molar-refractivity contribution in [2.45, 2.75) is 26.1 Å². The first-order valence-electron chi connectivity index (χ1n) is 6.79. The molecule has 0 radical (unpaired) electrons. The van der Waals surface area contributed by atoms with E-state index in [1.54, 1.807) is 12.3 Å². The fourth-order valence-corrected chi connectivity index (χ4v) is 2.94. The predicted octanol–water partition coefficient (Wildman–Crippen LogP) is 3.46. The highest BCUT2D eigenvalue weighted by atomic mass is 32.1. The van der Waals surface area contributed by atoms with Gasteiger partial charge in [0.1, 0.15) is 5.76 Å². The molecule has 0 fully saturated rings. The van der Waals surface area contributed by atoms with E-state index in [0.717, 1.165) is 10.6 Å². The maximum Gasteiger partial charge on any atom is 0.401 e. The van der Waals surface area contributed by atoms with Crippen LogP contribution < -0.4 is 0 Å². The number of hydrogen-bond donors (Lipinski definition) is 1. The molecule has 4 nitrogen and oxygen atoms in total. The van der Waals surface area contributed by atoms with Crippen LogP contribution in [-0.4, -0.2) is 40.9 Å². The Morgan fingerprint density at radius 3 is 2.73 bits per heavy atom. The zero-order valence-electron chi connectivity index (χ0n) is 12.1. The minimum Gasteiger partial charge on any atom is -0.459 e. The van der Waals surface area contributed by atoms with Crippen molar-refractivity contribution in [1.29, 1.82) is 0 Å². The van der Waals surface area contributed by atoms with E-state index in [4.69, 9.17) is 9.52 Å². The monoisotopic (exact) mass is 334 g/mol. The number of thiazole rings is 1. The summed E-state index contributed by atoms with van der Waals surface area (Å²) in [5.41, 5.74) is 0. The number of aliphatic hydroxyl groups is 1. The van der Waals surface area contributed by atoms with E-state index < -0.39 is 12.7 Å². The highest BCUT2D eigenvalue weighted by molar-refractivity contribution is 7.14. The molecule has 0 atom stereocenters. The average molecular weight is 334 g/mol. The van der Waals surface area contributed by atoms with Gasteiger partial charge in [-0.15, -0.1) is 11.3 Å². The third-order valence-electron chi connectivity index (χ3n) is 2.92. The van der Waals surface area contributed by atoms with Crippen LogP contribution in [0.1, 0.15) is 17.1 Å². The van der Waals surface area contributed by atoms with Gasteiger partial charge in [0.25, 0.3) is 0 Å². The molecular formula is C14H17F3N2O2S. The molecule has 2 aromatic rings. The van der Waals surface area contributed by atoms with E-state index in [-0.39, 0.29) is 19.7 Å². The maximum absolute atomic E-state index is 12.6. The second-order valence-corrected chi connectivity index (χ2v) is 6.06. The smallest absolute Gasteiger partial charge is 0.401 e. The molecule has 2 heterocycles. The molecule has 0 bridgehead atoms. The number of furan rings is 1. The topological polar surface area (TPSA) is 49.5 Å². The molecule has 0 aliphatic heterocycles. The fourth-order valence-electron chi connectivity index (χ4n) is 2.03. The third kappa shape index (κ3) is 5.11. The van der Waals surface area contributed by atoms with Crippen LogP contribution in [-0.2, 0) is 6.54 Å². The molecule has 0 spiro atoms. The lowest BCUT2D eigenvalue weighted by molar-refractivity contribution is -0.147. The van der Waals surface area contributed by atoms with Crippen LogP contribution in [0.3, 0.4) is 0 Å². The fraction of sp³-hybridized carbons (Fsp3) is 0.500. The number of aromatic nitrogens is 1. The maximum atomic E-state index is 12.6. The lowest BCUT2D eigenvalue weighted by Gasteiger charge is -2.22. The molecule has 0 aliphatic carbocycles. The van der Waals surface area contributed by atoms with Crippen LogP contribution in [0.25, 0.3) is 10.8 Å². The third-order valence-corrected chi connectivity index (χ3v) is 3.92. The van der Waals surface area contributed by atoms with Gasteiger partial charge in [-0.05, 0) is 25.5 Å². The first-order valence-corrected chi connectivity index (χ1v) is 7.60. The molecule has 0 saturated heterocycles. The Hall–Kier alpha value is -1.38. The number of nitrogens with zero attached hydrogens (tertiary/aromatic N) is 2. The summed E-state index contributed by atoms with van der Waals surface area (Å²) in [6.07, 6.45) is -2.39. The van der Waals surface area contributed by atoms with E-state index >= 15 is 0 Å². The van der Waals surface area contributed by atoms with E-state index in [1.165, 1.54) is 16.2 Å². The summed E-state index contributed by atoms with van der Waals surface area (Å²) in [4.78, 5) is 6.19. The summed E-state index contributed by atoms with van der Waals surface area (Å²) in [6, 6.07) is 3.60. The zero-order valence-corrected chi connectivity index (χ0v) is 12.9. The SMILES string of the molecule is Cc1ccc(-c2ncc(CN(CCCO)CC(F)(F)F)s2)o1. The lowest BCUT2D eigenvalue weighted by atomic mass is 10.3. The minimum atomic E-state index is -4.26. The number of rotatable bonds is 7.